The third-order valence-electron chi connectivity index (χ3n) is 5.83. The summed E-state index contributed by atoms with van der Waals surface area (Å²) in [5, 5.41) is 3.82. The fraction of sp³-hybridized carbons (Fsp3) is 0.360. The summed E-state index contributed by atoms with van der Waals surface area (Å²) >= 11 is 1.67. The van der Waals surface area contributed by atoms with E-state index in [0.717, 1.165) is 41.2 Å². The van der Waals surface area contributed by atoms with Gasteiger partial charge in [0, 0.05) is 11.1 Å². The van der Waals surface area contributed by atoms with Crippen LogP contribution in [0.15, 0.2) is 58.1 Å². The molecule has 30 heavy (non-hydrogen) atoms. The quantitative estimate of drug-likeness (QED) is 0.502. The Kier molecular flexibility index (Phi) is 5.91. The van der Waals surface area contributed by atoms with Crippen LogP contribution < -0.4 is 5.32 Å². The number of carbonyl (C=O) groups excluding carboxylic acids is 1. The maximum Gasteiger partial charge on any atom is 0.255 e. The molecule has 4 rings (SSSR count). The van der Waals surface area contributed by atoms with Crippen molar-refractivity contribution in [3.8, 4) is 0 Å². The van der Waals surface area contributed by atoms with Crippen LogP contribution in [0.1, 0.15) is 59.3 Å². The molecule has 0 bridgehead atoms. The van der Waals surface area contributed by atoms with Gasteiger partial charge in [0.05, 0.1) is 18.4 Å². The Morgan fingerprint density at radius 2 is 2.03 bits per heavy atom. The van der Waals surface area contributed by atoms with E-state index in [2.05, 4.69) is 26.1 Å². The molecule has 0 radical (unpaired) electrons. The highest BCUT2D eigenvalue weighted by Gasteiger charge is 2.33. The van der Waals surface area contributed by atoms with Crippen LogP contribution in [-0.4, -0.2) is 12.1 Å². The molecule has 1 aromatic carbocycles. The number of hydrogen-bond acceptors (Lipinski definition) is 4. The second kappa shape index (κ2) is 8.60. The molecular weight excluding hydrogens is 392 g/mol. The fourth-order valence-corrected chi connectivity index (χ4v) is 5.25. The number of nitrogens with zero attached hydrogens (tertiary/aromatic N) is 1. The number of aliphatic imine (C=N–C) groups is 1. The first-order valence-electron chi connectivity index (χ1n) is 10.5. The van der Waals surface area contributed by atoms with E-state index in [1.165, 1.54) is 10.4 Å². The molecule has 1 amide bonds. The van der Waals surface area contributed by atoms with Crippen molar-refractivity contribution in [2.45, 2.75) is 46.6 Å². The van der Waals surface area contributed by atoms with Gasteiger partial charge in [-0.1, -0.05) is 51.1 Å². The normalized spacial score (nSPS) is 16.6. The minimum Gasteiger partial charge on any atom is -0.467 e. The summed E-state index contributed by atoms with van der Waals surface area (Å²) in [5.41, 5.74) is 3.20. The van der Waals surface area contributed by atoms with Crippen molar-refractivity contribution in [3.63, 3.8) is 0 Å². The molecule has 2 aromatic heterocycles. The van der Waals surface area contributed by atoms with Gasteiger partial charge in [-0.05, 0) is 53.9 Å². The molecule has 5 heteroatoms. The van der Waals surface area contributed by atoms with E-state index in [1.807, 2.05) is 48.7 Å². The molecule has 1 aliphatic carbocycles. The summed E-state index contributed by atoms with van der Waals surface area (Å²) in [4.78, 5) is 19.2. The molecule has 4 nitrogen and oxygen atoms in total. The second-order valence-corrected chi connectivity index (χ2v) is 10.0. The van der Waals surface area contributed by atoms with Crippen LogP contribution in [0, 0.1) is 11.3 Å². The SMILES string of the molecule is CC(C)(C)[C@@H]1CCc2c(sc(N=Cc3ccccc3)c2C(=O)NCc2ccco2)C1. The molecule has 0 fully saturated rings. The molecule has 0 saturated heterocycles. The van der Waals surface area contributed by atoms with Gasteiger partial charge in [-0.2, -0.15) is 0 Å². The van der Waals surface area contributed by atoms with E-state index in [0.29, 0.717) is 12.5 Å². The highest BCUT2D eigenvalue weighted by Crippen LogP contribution is 2.45. The average molecular weight is 421 g/mol. The van der Waals surface area contributed by atoms with Crippen LogP contribution in [0.3, 0.4) is 0 Å². The first kappa shape index (κ1) is 20.6. The first-order chi connectivity index (χ1) is 14.4. The molecule has 0 aliphatic heterocycles. The van der Waals surface area contributed by atoms with Gasteiger partial charge in [0.15, 0.2) is 0 Å². The van der Waals surface area contributed by atoms with Crippen molar-refractivity contribution in [2.75, 3.05) is 0 Å². The van der Waals surface area contributed by atoms with Crippen LogP contribution in [0.2, 0.25) is 0 Å². The van der Waals surface area contributed by atoms with E-state index in [1.54, 1.807) is 17.6 Å². The summed E-state index contributed by atoms with van der Waals surface area (Å²) in [6, 6.07) is 13.7. The van der Waals surface area contributed by atoms with E-state index < -0.39 is 0 Å². The maximum absolute atomic E-state index is 13.2. The predicted molar refractivity (Wildman–Crippen MR) is 123 cm³/mol. The number of hydrogen-bond donors (Lipinski definition) is 1. The van der Waals surface area contributed by atoms with Crippen LogP contribution in [-0.2, 0) is 19.4 Å². The molecular formula is C25H28N2O2S. The minimum absolute atomic E-state index is 0.0710. The number of nitrogens with one attached hydrogen (secondary N) is 1. The average Bonchev–Trinajstić information content (AvgIpc) is 3.37. The Balaban J connectivity index is 1.64. The Labute approximate surface area is 182 Å². The van der Waals surface area contributed by atoms with Crippen LogP contribution in [0.4, 0.5) is 5.00 Å². The highest BCUT2D eigenvalue weighted by molar-refractivity contribution is 7.16. The second-order valence-electron chi connectivity index (χ2n) is 8.92. The van der Waals surface area contributed by atoms with E-state index in [9.17, 15) is 4.79 Å². The van der Waals surface area contributed by atoms with Gasteiger partial charge in [-0.15, -0.1) is 11.3 Å². The Morgan fingerprint density at radius 1 is 1.23 bits per heavy atom. The molecule has 3 aromatic rings. The zero-order chi connectivity index (χ0) is 21.1. The number of thiophene rings is 1. The zero-order valence-corrected chi connectivity index (χ0v) is 18.6. The van der Waals surface area contributed by atoms with Gasteiger partial charge in [0.25, 0.3) is 5.91 Å². The molecule has 0 unspecified atom stereocenters. The van der Waals surface area contributed by atoms with Crippen molar-refractivity contribution < 1.29 is 9.21 Å². The Morgan fingerprint density at radius 3 is 2.73 bits per heavy atom. The van der Waals surface area contributed by atoms with Crippen molar-refractivity contribution in [1.29, 1.82) is 0 Å². The lowest BCUT2D eigenvalue weighted by Gasteiger charge is -2.33. The van der Waals surface area contributed by atoms with Gasteiger partial charge >= 0.3 is 0 Å². The number of amides is 1. The molecule has 0 spiro atoms. The third kappa shape index (κ3) is 4.57. The molecule has 156 valence electrons. The highest BCUT2D eigenvalue weighted by atomic mass is 32.1. The van der Waals surface area contributed by atoms with Gasteiger partial charge < -0.3 is 9.73 Å². The fourth-order valence-electron chi connectivity index (χ4n) is 3.98. The molecule has 2 heterocycles. The molecule has 1 atom stereocenters. The van der Waals surface area contributed by atoms with Crippen LogP contribution >= 0.6 is 11.3 Å². The summed E-state index contributed by atoms with van der Waals surface area (Å²) in [6.45, 7) is 7.30. The van der Waals surface area contributed by atoms with Crippen LogP contribution in [0.25, 0.3) is 0 Å². The zero-order valence-electron chi connectivity index (χ0n) is 17.8. The van der Waals surface area contributed by atoms with Crippen molar-refractivity contribution in [1.82, 2.24) is 5.32 Å². The van der Waals surface area contributed by atoms with E-state index in [4.69, 9.17) is 9.41 Å². The van der Waals surface area contributed by atoms with Gasteiger partial charge in [0.1, 0.15) is 10.8 Å². The molecule has 0 saturated carbocycles. The number of carbonyl (C=O) groups is 1. The summed E-state index contributed by atoms with van der Waals surface area (Å²) in [7, 11) is 0. The maximum atomic E-state index is 13.2. The van der Waals surface area contributed by atoms with Crippen molar-refractivity contribution >= 4 is 28.5 Å². The lowest BCUT2D eigenvalue weighted by Crippen LogP contribution is -2.28. The standard InChI is InChI=1S/C25H28N2O2S/c1-25(2,3)18-11-12-20-21(14-18)30-24(27-15-17-8-5-4-6-9-17)22(20)23(28)26-16-19-10-7-13-29-19/h4-10,13,15,18H,11-12,14,16H2,1-3H3,(H,26,28)/t18-/m1/s1. The van der Waals surface area contributed by atoms with Crippen molar-refractivity contribution in [2.24, 2.45) is 16.3 Å². The van der Waals surface area contributed by atoms with Gasteiger partial charge in [-0.25, -0.2) is 4.99 Å². The number of rotatable bonds is 5. The van der Waals surface area contributed by atoms with Gasteiger partial charge in [0.2, 0.25) is 0 Å². The number of fused-ring (bicyclic) bond motifs is 1. The first-order valence-corrected chi connectivity index (χ1v) is 11.3. The molecule has 1 N–H and O–H groups in total. The minimum atomic E-state index is -0.0710. The lowest BCUT2D eigenvalue weighted by atomic mass is 9.72. The summed E-state index contributed by atoms with van der Waals surface area (Å²) in [6.07, 6.45) is 6.52. The summed E-state index contributed by atoms with van der Waals surface area (Å²) in [5.74, 6) is 1.29. The lowest BCUT2D eigenvalue weighted by molar-refractivity contribution is 0.0947. The van der Waals surface area contributed by atoms with E-state index in [-0.39, 0.29) is 11.3 Å². The summed E-state index contributed by atoms with van der Waals surface area (Å²) < 4.78 is 5.36. The largest absolute Gasteiger partial charge is 0.467 e. The Hall–Kier alpha value is -2.66. The molecule has 1 aliphatic rings. The van der Waals surface area contributed by atoms with Gasteiger partial charge in [-0.3, -0.25) is 4.79 Å². The Bertz CT molecular complexity index is 1030. The number of benzene rings is 1. The predicted octanol–water partition coefficient (Wildman–Crippen LogP) is 6.17. The topological polar surface area (TPSA) is 54.6 Å². The van der Waals surface area contributed by atoms with Crippen LogP contribution in [0.5, 0.6) is 0 Å². The monoisotopic (exact) mass is 420 g/mol. The smallest absolute Gasteiger partial charge is 0.255 e. The van der Waals surface area contributed by atoms with E-state index >= 15 is 0 Å². The number of furan rings is 1. The third-order valence-corrected chi connectivity index (χ3v) is 6.99. The van der Waals surface area contributed by atoms with Crippen molar-refractivity contribution in [3.05, 3.63) is 76.1 Å².